The van der Waals surface area contributed by atoms with E-state index in [2.05, 4.69) is 9.98 Å². The molecular weight excluding hydrogens is 185 g/mol. The first-order valence-corrected chi connectivity index (χ1v) is 3.46. The largest absolute Gasteiger partial charge is 0.397 e. The van der Waals surface area contributed by atoms with Gasteiger partial charge in [0.15, 0.2) is 5.84 Å². The van der Waals surface area contributed by atoms with Crippen molar-refractivity contribution in [3.8, 4) is 0 Å². The van der Waals surface area contributed by atoms with Crippen LogP contribution in [0.3, 0.4) is 0 Å². The highest BCUT2D eigenvalue weighted by Crippen LogP contribution is 2.23. The molecule has 7 heteroatoms. The summed E-state index contributed by atoms with van der Waals surface area (Å²) in [5.74, 6) is -0.196. The number of aliphatic imine (C=N–C) groups is 2. The minimum Gasteiger partial charge on any atom is -0.259 e. The van der Waals surface area contributed by atoms with Gasteiger partial charge < -0.3 is 0 Å². The molecule has 0 saturated carbocycles. The predicted octanol–water partition coefficient (Wildman–Crippen LogP) is 0.649. The number of halogens is 3. The maximum atomic E-state index is 13.0. The minimum atomic E-state index is -3.46. The number of rotatable bonds is 0. The van der Waals surface area contributed by atoms with Gasteiger partial charge in [0.1, 0.15) is 0 Å². The van der Waals surface area contributed by atoms with Gasteiger partial charge in [-0.2, -0.15) is 14.1 Å². The van der Waals surface area contributed by atoms with Crippen LogP contribution in [0.1, 0.15) is 0 Å². The molecule has 0 aromatic rings. The summed E-state index contributed by atoms with van der Waals surface area (Å²) in [5.41, 5.74) is 0. The third kappa shape index (κ3) is 1.31. The highest BCUT2D eigenvalue weighted by molar-refractivity contribution is 6.30. The molecule has 2 aliphatic rings. The molecular formula is C6H5F3N4. The lowest BCUT2D eigenvalue weighted by Crippen LogP contribution is -2.59. The van der Waals surface area contributed by atoms with E-state index in [1.54, 1.807) is 0 Å². The Hall–Kier alpha value is -1.37. The maximum Gasteiger partial charge on any atom is 0.397 e. The Kier molecular flexibility index (Phi) is 1.62. The first-order chi connectivity index (χ1) is 6.09. The molecule has 1 atom stereocenters. The molecule has 0 bridgehead atoms. The molecule has 0 spiro atoms. The van der Waals surface area contributed by atoms with E-state index in [1.165, 1.54) is 11.5 Å². The van der Waals surface area contributed by atoms with Crippen LogP contribution in [0.5, 0.6) is 0 Å². The van der Waals surface area contributed by atoms with Crippen molar-refractivity contribution in [3.05, 3.63) is 12.4 Å². The van der Waals surface area contributed by atoms with E-state index in [0.29, 0.717) is 4.90 Å². The van der Waals surface area contributed by atoms with Gasteiger partial charge in [-0.15, -0.1) is 0 Å². The SMILES string of the molecule is FC1N=C2C=NC=CN2C(F)(F)N1. The van der Waals surface area contributed by atoms with E-state index in [4.69, 9.17) is 0 Å². The Morgan fingerprint density at radius 3 is 3.08 bits per heavy atom. The van der Waals surface area contributed by atoms with Crippen LogP contribution in [-0.2, 0) is 0 Å². The number of nitrogens with zero attached hydrogens (tertiary/aromatic N) is 3. The third-order valence-electron chi connectivity index (χ3n) is 1.58. The quantitative estimate of drug-likeness (QED) is 0.569. The lowest BCUT2D eigenvalue weighted by atomic mass is 10.4. The molecule has 2 heterocycles. The molecule has 0 amide bonds. The van der Waals surface area contributed by atoms with Crippen LogP contribution in [0.25, 0.3) is 0 Å². The average Bonchev–Trinajstić information content (AvgIpc) is 2.02. The van der Waals surface area contributed by atoms with Gasteiger partial charge in [-0.25, -0.2) is 9.38 Å². The van der Waals surface area contributed by atoms with Crippen LogP contribution in [0, 0.1) is 0 Å². The smallest absolute Gasteiger partial charge is 0.259 e. The van der Waals surface area contributed by atoms with Gasteiger partial charge in [0.2, 0.25) is 0 Å². The van der Waals surface area contributed by atoms with Crippen molar-refractivity contribution >= 4 is 12.1 Å². The summed E-state index contributed by atoms with van der Waals surface area (Å²) in [7, 11) is 0. The van der Waals surface area contributed by atoms with E-state index in [1.807, 2.05) is 0 Å². The average molecular weight is 190 g/mol. The summed E-state index contributed by atoms with van der Waals surface area (Å²) < 4.78 is 38.5. The van der Waals surface area contributed by atoms with Crippen molar-refractivity contribution in [2.45, 2.75) is 12.6 Å². The Morgan fingerprint density at radius 2 is 2.31 bits per heavy atom. The van der Waals surface area contributed by atoms with Crippen molar-refractivity contribution in [2.75, 3.05) is 0 Å². The zero-order chi connectivity index (χ0) is 9.47. The van der Waals surface area contributed by atoms with Crippen molar-refractivity contribution in [1.82, 2.24) is 10.2 Å². The molecule has 0 aliphatic carbocycles. The zero-order valence-corrected chi connectivity index (χ0v) is 6.28. The molecule has 1 N–H and O–H groups in total. The summed E-state index contributed by atoms with van der Waals surface area (Å²) in [5, 5.41) is 1.38. The van der Waals surface area contributed by atoms with Gasteiger partial charge >= 0.3 is 6.17 Å². The van der Waals surface area contributed by atoms with Crippen LogP contribution in [0.15, 0.2) is 22.4 Å². The second-order valence-corrected chi connectivity index (χ2v) is 2.45. The molecule has 0 aromatic carbocycles. The van der Waals surface area contributed by atoms with Crippen LogP contribution in [0.2, 0.25) is 0 Å². The summed E-state index contributed by atoms with van der Waals surface area (Å²) in [6, 6.07) is 0. The first-order valence-electron chi connectivity index (χ1n) is 3.46. The van der Waals surface area contributed by atoms with Crippen LogP contribution in [-0.4, -0.2) is 29.5 Å². The number of nitrogens with one attached hydrogen (secondary N) is 1. The van der Waals surface area contributed by atoms with Gasteiger partial charge in [-0.3, -0.25) is 9.89 Å². The fourth-order valence-electron chi connectivity index (χ4n) is 1.05. The van der Waals surface area contributed by atoms with E-state index in [9.17, 15) is 13.2 Å². The summed E-state index contributed by atoms with van der Waals surface area (Å²) in [6.45, 7) is 0. The van der Waals surface area contributed by atoms with E-state index in [-0.39, 0.29) is 5.84 Å². The Labute approximate surface area is 71.5 Å². The van der Waals surface area contributed by atoms with Crippen LogP contribution < -0.4 is 5.32 Å². The number of fused-ring (bicyclic) bond motifs is 1. The van der Waals surface area contributed by atoms with Crippen molar-refractivity contribution in [1.29, 1.82) is 0 Å². The number of alkyl halides is 3. The lowest BCUT2D eigenvalue weighted by Gasteiger charge is -2.34. The predicted molar refractivity (Wildman–Crippen MR) is 39.9 cm³/mol. The second-order valence-electron chi connectivity index (χ2n) is 2.45. The molecule has 70 valence electrons. The molecule has 13 heavy (non-hydrogen) atoms. The molecule has 2 aliphatic heterocycles. The van der Waals surface area contributed by atoms with Gasteiger partial charge in [-0.05, 0) is 0 Å². The maximum absolute atomic E-state index is 13.0. The fraction of sp³-hybridized carbons (Fsp3) is 0.333. The topological polar surface area (TPSA) is 40.0 Å². The number of hydrogen-bond acceptors (Lipinski definition) is 4. The summed E-state index contributed by atoms with van der Waals surface area (Å²) >= 11 is 0. The zero-order valence-electron chi connectivity index (χ0n) is 6.28. The second kappa shape index (κ2) is 2.56. The van der Waals surface area contributed by atoms with E-state index >= 15 is 0 Å². The number of hydrogen-bond donors (Lipinski definition) is 1. The third-order valence-corrected chi connectivity index (χ3v) is 1.58. The Bertz CT molecular complexity index is 309. The standard InChI is InChI=1S/C6H5F3N4/c7-5-11-4-3-10-1-2-13(4)6(8,9)12-5/h1-3,5,12H. The summed E-state index contributed by atoms with van der Waals surface area (Å²) in [4.78, 5) is 7.35. The van der Waals surface area contributed by atoms with Crippen molar-refractivity contribution < 1.29 is 13.2 Å². The minimum absolute atomic E-state index is 0.196. The highest BCUT2D eigenvalue weighted by Gasteiger charge is 2.44. The first kappa shape index (κ1) is 8.24. The van der Waals surface area contributed by atoms with E-state index in [0.717, 1.165) is 12.4 Å². The van der Waals surface area contributed by atoms with Gasteiger partial charge in [-0.1, -0.05) is 0 Å². The number of amidine groups is 1. The van der Waals surface area contributed by atoms with Gasteiger partial charge in [0.25, 0.3) is 6.42 Å². The Morgan fingerprint density at radius 1 is 1.54 bits per heavy atom. The molecule has 0 aromatic heterocycles. The van der Waals surface area contributed by atoms with Crippen LogP contribution >= 0.6 is 0 Å². The van der Waals surface area contributed by atoms with Gasteiger partial charge in [0.05, 0.1) is 6.21 Å². The van der Waals surface area contributed by atoms with E-state index < -0.39 is 12.6 Å². The highest BCUT2D eigenvalue weighted by atomic mass is 19.3. The molecule has 2 rings (SSSR count). The molecule has 0 radical (unpaired) electrons. The monoisotopic (exact) mass is 190 g/mol. The molecule has 4 nitrogen and oxygen atoms in total. The summed E-state index contributed by atoms with van der Waals surface area (Å²) in [6.07, 6.45) is -2.29. The normalized spacial score (nSPS) is 29.9. The lowest BCUT2D eigenvalue weighted by molar-refractivity contribution is -0.144. The van der Waals surface area contributed by atoms with Crippen molar-refractivity contribution in [2.24, 2.45) is 9.98 Å². The van der Waals surface area contributed by atoms with Gasteiger partial charge in [0, 0.05) is 12.4 Å². The molecule has 1 unspecified atom stereocenters. The fourth-order valence-corrected chi connectivity index (χ4v) is 1.05. The Balaban J connectivity index is 2.39. The molecule has 0 fully saturated rings. The van der Waals surface area contributed by atoms with Crippen LogP contribution in [0.4, 0.5) is 13.2 Å². The van der Waals surface area contributed by atoms with Crippen molar-refractivity contribution in [3.63, 3.8) is 0 Å². The molecule has 0 saturated heterocycles.